The number of halogens is 4. The third-order valence-corrected chi connectivity index (χ3v) is 4.31. The van der Waals surface area contributed by atoms with Gasteiger partial charge in [0.05, 0.1) is 11.6 Å². The Morgan fingerprint density at radius 1 is 1.13 bits per heavy atom. The number of nitriles is 1. The molecule has 31 heavy (non-hydrogen) atoms. The number of aryl methyl sites for hydroxylation is 1. The molecule has 0 aliphatic rings. The number of carbonyl (C=O) groups excluding carboxylic acids is 1. The quantitative estimate of drug-likeness (QED) is 0.589. The number of amides is 1. The van der Waals surface area contributed by atoms with E-state index in [-0.39, 0.29) is 11.4 Å². The third kappa shape index (κ3) is 4.85. The smallest absolute Gasteiger partial charge is 0.263 e. The molecule has 0 saturated heterocycles. The van der Waals surface area contributed by atoms with E-state index >= 15 is 0 Å². The van der Waals surface area contributed by atoms with E-state index in [9.17, 15) is 22.4 Å². The van der Waals surface area contributed by atoms with Crippen molar-refractivity contribution in [2.24, 2.45) is 0 Å². The second-order valence-electron chi connectivity index (χ2n) is 6.63. The average Bonchev–Trinajstić information content (AvgIpc) is 3.15. The van der Waals surface area contributed by atoms with Crippen LogP contribution in [0.25, 0.3) is 5.82 Å². The third-order valence-electron chi connectivity index (χ3n) is 4.31. The molecule has 160 valence electrons. The van der Waals surface area contributed by atoms with Gasteiger partial charge in [0.25, 0.3) is 18.8 Å². The van der Waals surface area contributed by atoms with Gasteiger partial charge in [-0.3, -0.25) is 4.79 Å². The van der Waals surface area contributed by atoms with E-state index in [4.69, 9.17) is 5.26 Å². The number of aromatic nitrogens is 4. The van der Waals surface area contributed by atoms with Gasteiger partial charge in [0, 0.05) is 22.9 Å². The highest BCUT2D eigenvalue weighted by molar-refractivity contribution is 5.94. The molecular formula is C20H16F4N6O. The van der Waals surface area contributed by atoms with Crippen LogP contribution in [0.1, 0.15) is 64.5 Å². The molecule has 0 bridgehead atoms. The Morgan fingerprint density at radius 2 is 1.77 bits per heavy atom. The van der Waals surface area contributed by atoms with Crippen LogP contribution in [0.2, 0.25) is 0 Å². The second kappa shape index (κ2) is 8.91. The first-order valence-electron chi connectivity index (χ1n) is 9.01. The minimum absolute atomic E-state index is 0.280. The summed E-state index contributed by atoms with van der Waals surface area (Å²) in [6, 6.07) is 6.68. The van der Waals surface area contributed by atoms with Crippen LogP contribution in [0.5, 0.6) is 0 Å². The van der Waals surface area contributed by atoms with Crippen LogP contribution in [-0.2, 0) is 0 Å². The normalized spacial score (nSPS) is 12.1. The summed E-state index contributed by atoms with van der Waals surface area (Å²) in [7, 11) is 0. The van der Waals surface area contributed by atoms with Crippen molar-refractivity contribution in [2.45, 2.75) is 32.7 Å². The monoisotopic (exact) mass is 432 g/mol. The fourth-order valence-corrected chi connectivity index (χ4v) is 2.86. The number of hydrogen-bond acceptors (Lipinski definition) is 5. The lowest BCUT2D eigenvalue weighted by molar-refractivity contribution is 0.0936. The number of carbonyl (C=O) groups is 1. The first kappa shape index (κ1) is 21.9. The molecule has 1 atom stereocenters. The van der Waals surface area contributed by atoms with Crippen LogP contribution in [0.3, 0.4) is 0 Å². The maximum atomic E-state index is 13.1. The Bertz CT molecular complexity index is 1110. The zero-order valence-electron chi connectivity index (χ0n) is 16.4. The molecule has 1 amide bonds. The van der Waals surface area contributed by atoms with Crippen LogP contribution in [0.4, 0.5) is 17.6 Å². The Morgan fingerprint density at radius 3 is 2.29 bits per heavy atom. The van der Waals surface area contributed by atoms with Crippen molar-refractivity contribution >= 4 is 5.91 Å². The first-order chi connectivity index (χ1) is 14.7. The zero-order valence-corrected chi connectivity index (χ0v) is 16.4. The molecule has 0 aliphatic heterocycles. The van der Waals surface area contributed by atoms with Crippen molar-refractivity contribution < 1.29 is 22.4 Å². The van der Waals surface area contributed by atoms with E-state index in [1.165, 1.54) is 16.9 Å². The van der Waals surface area contributed by atoms with Crippen molar-refractivity contribution in [3.63, 3.8) is 0 Å². The number of benzene rings is 1. The van der Waals surface area contributed by atoms with Crippen LogP contribution in [0, 0.1) is 18.3 Å². The number of hydrogen-bond donors (Lipinski definition) is 1. The second-order valence-corrected chi connectivity index (χ2v) is 6.63. The fourth-order valence-electron chi connectivity index (χ4n) is 2.86. The van der Waals surface area contributed by atoms with E-state index in [0.717, 1.165) is 12.1 Å². The van der Waals surface area contributed by atoms with Crippen molar-refractivity contribution in [1.82, 2.24) is 25.1 Å². The van der Waals surface area contributed by atoms with Gasteiger partial charge >= 0.3 is 0 Å². The van der Waals surface area contributed by atoms with Gasteiger partial charge < -0.3 is 5.32 Å². The van der Waals surface area contributed by atoms with Crippen LogP contribution in [-0.4, -0.2) is 25.7 Å². The van der Waals surface area contributed by atoms with Crippen molar-refractivity contribution in [3.05, 3.63) is 70.4 Å². The van der Waals surface area contributed by atoms with Gasteiger partial charge in [0.2, 0.25) is 0 Å². The van der Waals surface area contributed by atoms with Crippen molar-refractivity contribution in [1.29, 1.82) is 5.26 Å². The Kier molecular flexibility index (Phi) is 6.29. The lowest BCUT2D eigenvalue weighted by atomic mass is 10.0. The maximum absolute atomic E-state index is 13.1. The van der Waals surface area contributed by atoms with Gasteiger partial charge in [0.15, 0.2) is 11.6 Å². The molecule has 1 N–H and O–H groups in total. The predicted octanol–water partition coefficient (Wildman–Crippen LogP) is 4.21. The van der Waals surface area contributed by atoms with Gasteiger partial charge in [0.1, 0.15) is 11.9 Å². The minimum Gasteiger partial charge on any atom is -0.342 e. The van der Waals surface area contributed by atoms with Crippen LogP contribution >= 0.6 is 0 Å². The summed E-state index contributed by atoms with van der Waals surface area (Å²) in [5.74, 6) is 0.177. The Balaban J connectivity index is 1.89. The maximum Gasteiger partial charge on any atom is 0.263 e. The largest absolute Gasteiger partial charge is 0.342 e. The van der Waals surface area contributed by atoms with E-state index in [0.29, 0.717) is 23.3 Å². The molecule has 0 fully saturated rings. The summed E-state index contributed by atoms with van der Waals surface area (Å²) in [5, 5.41) is 15.7. The summed E-state index contributed by atoms with van der Waals surface area (Å²) in [6.07, 6.45) is -4.66. The van der Waals surface area contributed by atoms with Gasteiger partial charge in [-0.1, -0.05) is 0 Å². The van der Waals surface area contributed by atoms with E-state index in [1.54, 1.807) is 19.9 Å². The summed E-state index contributed by atoms with van der Waals surface area (Å²) < 4.78 is 53.6. The molecule has 0 unspecified atom stereocenters. The highest BCUT2D eigenvalue weighted by atomic mass is 19.3. The Hall–Kier alpha value is -3.81. The zero-order chi connectivity index (χ0) is 22.7. The number of nitrogens with zero attached hydrogens (tertiary/aromatic N) is 5. The Labute approximate surface area is 174 Å². The number of alkyl halides is 4. The molecule has 7 nitrogen and oxygen atoms in total. The fraction of sp³-hybridized carbons (Fsp3) is 0.250. The van der Waals surface area contributed by atoms with Crippen molar-refractivity contribution in [2.75, 3.05) is 0 Å². The molecule has 2 aromatic heterocycles. The molecule has 2 heterocycles. The molecule has 0 aliphatic carbocycles. The summed E-state index contributed by atoms with van der Waals surface area (Å²) >= 11 is 0. The van der Waals surface area contributed by atoms with E-state index in [1.807, 2.05) is 6.07 Å². The number of pyridine rings is 1. The first-order valence-corrected chi connectivity index (χ1v) is 9.01. The number of rotatable bonds is 6. The molecule has 11 heteroatoms. The molecule has 0 saturated carbocycles. The van der Waals surface area contributed by atoms with Gasteiger partial charge in [-0.05, 0) is 44.2 Å². The highest BCUT2D eigenvalue weighted by Gasteiger charge is 2.22. The van der Waals surface area contributed by atoms with Crippen LogP contribution in [0.15, 0.2) is 36.5 Å². The minimum atomic E-state index is -3.00. The molecule has 0 radical (unpaired) electrons. The van der Waals surface area contributed by atoms with E-state index in [2.05, 4.69) is 20.4 Å². The summed E-state index contributed by atoms with van der Waals surface area (Å²) in [6.45, 7) is 3.20. The topological polar surface area (TPSA) is 96.5 Å². The summed E-state index contributed by atoms with van der Waals surface area (Å²) in [5.41, 5.74) is -1.32. The molecule has 3 rings (SSSR count). The van der Waals surface area contributed by atoms with Gasteiger partial charge in [-0.2, -0.15) is 9.94 Å². The number of nitrogens with one attached hydrogen (secondary N) is 1. The van der Waals surface area contributed by atoms with Gasteiger partial charge in [-0.15, -0.1) is 5.10 Å². The lowest BCUT2D eigenvalue weighted by Gasteiger charge is -2.15. The van der Waals surface area contributed by atoms with E-state index < -0.39 is 35.9 Å². The molecule has 1 aromatic carbocycles. The molecule has 0 spiro atoms. The standard InChI is InChI=1S/C20H16F4N6O/c1-10(19-28-11(2)29-30(19)16-4-3-12(8-25)9-26-16)27-20(31)15-6-13(17(21)22)5-14(7-15)18(23)24/h3-7,9-10,17-18H,1-2H3,(H,27,31)/t10-/m0/s1. The lowest BCUT2D eigenvalue weighted by Crippen LogP contribution is -2.29. The summed E-state index contributed by atoms with van der Waals surface area (Å²) in [4.78, 5) is 21.0. The van der Waals surface area contributed by atoms with Crippen molar-refractivity contribution in [3.8, 4) is 11.9 Å². The molecule has 3 aromatic rings. The SMILES string of the molecule is Cc1nc([C@H](C)NC(=O)c2cc(C(F)F)cc(C(F)F)c2)n(-c2ccc(C#N)cn2)n1. The average molecular weight is 432 g/mol. The van der Waals surface area contributed by atoms with Gasteiger partial charge in [-0.25, -0.2) is 27.5 Å². The predicted molar refractivity (Wildman–Crippen MR) is 101 cm³/mol. The highest BCUT2D eigenvalue weighted by Crippen LogP contribution is 2.27. The van der Waals surface area contributed by atoms with Crippen LogP contribution < -0.4 is 5.32 Å². The molecular weight excluding hydrogens is 416 g/mol.